The summed E-state index contributed by atoms with van der Waals surface area (Å²) in [7, 11) is -9.74. The summed E-state index contributed by atoms with van der Waals surface area (Å²) in [4.78, 5) is 7.00. The Hall–Kier alpha value is -3.19. The Morgan fingerprint density at radius 3 is 2.43 bits per heavy atom. The van der Waals surface area contributed by atoms with E-state index in [4.69, 9.17) is 4.52 Å². The van der Waals surface area contributed by atoms with Gasteiger partial charge in [-0.1, -0.05) is 30.7 Å². The molecule has 1 fully saturated rings. The van der Waals surface area contributed by atoms with Crippen molar-refractivity contribution in [2.75, 3.05) is 32.7 Å². The summed E-state index contributed by atoms with van der Waals surface area (Å²) in [5, 5.41) is 8.35. The Morgan fingerprint density at radius 1 is 1.00 bits per heavy atom. The van der Waals surface area contributed by atoms with Crippen molar-refractivity contribution in [3.8, 4) is 23.0 Å². The number of allylic oxidation sites excluding steroid dienone is 2. The largest absolute Gasteiger partial charge is 0.372 e. The SMILES string of the molecule is Cc1cc(-c2nc(-c3ccc(S(F)(F)(F)(F)F)cc3)no2)nn1CC1=CC=CN(CCN2CCCC2)C1. The second-order valence-corrected chi connectivity index (χ2v) is 11.8. The van der Waals surface area contributed by atoms with E-state index in [2.05, 4.69) is 37.3 Å². The Morgan fingerprint density at radius 2 is 1.73 bits per heavy atom. The van der Waals surface area contributed by atoms with Gasteiger partial charge in [0.25, 0.3) is 5.89 Å². The third-order valence-electron chi connectivity index (χ3n) is 6.47. The third kappa shape index (κ3) is 6.04. The molecule has 1 saturated heterocycles. The van der Waals surface area contributed by atoms with Gasteiger partial charge in [-0.15, -0.1) is 0 Å². The standard InChI is InChI=1S/C24H27F5N6OS/c1-18-15-22(24-30-23(32-36-24)20-6-8-21(9-7-20)37(25,26,27,28)29)31-35(18)17-19-5-4-12-34(16-19)14-13-33-10-2-3-11-33/h4-9,12,15H,2-3,10-11,13-14,16-17H2,1H3. The number of hydrogen-bond donors (Lipinski definition) is 0. The number of nitrogens with zero attached hydrogens (tertiary/aromatic N) is 6. The number of aromatic nitrogens is 4. The second-order valence-electron chi connectivity index (χ2n) is 9.43. The molecule has 1 aromatic carbocycles. The van der Waals surface area contributed by atoms with Gasteiger partial charge in [-0.3, -0.25) is 4.68 Å². The lowest BCUT2D eigenvalue weighted by atomic mass is 10.2. The van der Waals surface area contributed by atoms with Crippen LogP contribution in [0.15, 0.2) is 63.7 Å². The van der Waals surface area contributed by atoms with Gasteiger partial charge in [0.15, 0.2) is 5.69 Å². The molecule has 13 heteroatoms. The van der Waals surface area contributed by atoms with Crippen LogP contribution in [0.2, 0.25) is 0 Å². The molecule has 0 unspecified atom stereocenters. The van der Waals surface area contributed by atoms with Crippen LogP contribution in [0.3, 0.4) is 0 Å². The lowest BCUT2D eigenvalue weighted by Gasteiger charge is -2.40. The van der Waals surface area contributed by atoms with Crippen LogP contribution in [0.1, 0.15) is 18.5 Å². The summed E-state index contributed by atoms with van der Waals surface area (Å²) >= 11 is 0. The maximum Gasteiger partial charge on any atom is 0.310 e. The van der Waals surface area contributed by atoms with Crippen LogP contribution in [-0.4, -0.2) is 62.4 Å². The predicted octanol–water partition coefficient (Wildman–Crippen LogP) is 6.42. The van der Waals surface area contributed by atoms with Crippen LogP contribution >= 0.6 is 10.2 Å². The monoisotopic (exact) mass is 542 g/mol. The molecule has 3 aromatic rings. The molecule has 0 radical (unpaired) electrons. The van der Waals surface area contributed by atoms with E-state index in [-0.39, 0.29) is 17.3 Å². The summed E-state index contributed by atoms with van der Waals surface area (Å²) in [5.74, 6) is 0.0584. The highest BCUT2D eigenvalue weighted by atomic mass is 32.5. The van der Waals surface area contributed by atoms with Gasteiger partial charge in [-0.25, -0.2) is 0 Å². The van der Waals surface area contributed by atoms with Gasteiger partial charge in [-0.05, 0) is 81.0 Å². The zero-order chi connectivity index (χ0) is 26.3. The first-order chi connectivity index (χ1) is 17.3. The average molecular weight is 543 g/mol. The molecule has 2 aliphatic heterocycles. The van der Waals surface area contributed by atoms with E-state index < -0.39 is 15.1 Å². The Balaban J connectivity index is 1.25. The van der Waals surface area contributed by atoms with Crippen molar-refractivity contribution in [1.82, 2.24) is 29.7 Å². The normalized spacial score (nSPS) is 18.6. The van der Waals surface area contributed by atoms with E-state index in [1.54, 1.807) is 6.07 Å². The molecule has 200 valence electrons. The molecule has 4 heterocycles. The highest BCUT2D eigenvalue weighted by Gasteiger charge is 2.65. The first-order valence-corrected chi connectivity index (χ1v) is 13.8. The Bertz CT molecular complexity index is 1340. The molecule has 0 N–H and O–H groups in total. The highest BCUT2D eigenvalue weighted by Crippen LogP contribution is 3.02. The zero-order valence-electron chi connectivity index (χ0n) is 20.2. The highest BCUT2D eigenvalue weighted by molar-refractivity contribution is 8.45. The smallest absolute Gasteiger partial charge is 0.310 e. The quantitative estimate of drug-likeness (QED) is 0.306. The Labute approximate surface area is 211 Å². The van der Waals surface area contributed by atoms with Gasteiger partial charge in [0, 0.05) is 30.9 Å². The molecule has 0 aliphatic carbocycles. The van der Waals surface area contributed by atoms with Crippen LogP contribution in [0.5, 0.6) is 0 Å². The summed E-state index contributed by atoms with van der Waals surface area (Å²) in [6.07, 6.45) is 8.76. The van der Waals surface area contributed by atoms with Crippen LogP contribution < -0.4 is 0 Å². The first kappa shape index (κ1) is 25.5. The van der Waals surface area contributed by atoms with Crippen molar-refractivity contribution in [3.05, 3.63) is 60.0 Å². The first-order valence-electron chi connectivity index (χ1n) is 11.9. The molecular weight excluding hydrogens is 515 g/mol. The van der Waals surface area contributed by atoms with Crippen molar-refractivity contribution in [3.63, 3.8) is 0 Å². The van der Waals surface area contributed by atoms with Crippen LogP contribution in [0.4, 0.5) is 19.4 Å². The maximum absolute atomic E-state index is 13.0. The van der Waals surface area contributed by atoms with E-state index in [1.807, 2.05) is 17.7 Å². The van der Waals surface area contributed by atoms with Crippen molar-refractivity contribution < 1.29 is 24.0 Å². The van der Waals surface area contributed by atoms with Gasteiger partial charge < -0.3 is 14.3 Å². The van der Waals surface area contributed by atoms with E-state index in [0.29, 0.717) is 24.4 Å². The molecule has 0 saturated carbocycles. The summed E-state index contributed by atoms with van der Waals surface area (Å²) in [6.45, 7) is 7.63. The zero-order valence-corrected chi connectivity index (χ0v) is 21.0. The Kier molecular flexibility index (Phi) is 5.98. The molecule has 0 bridgehead atoms. The van der Waals surface area contributed by atoms with E-state index in [1.165, 1.54) is 31.5 Å². The summed E-state index contributed by atoms with van der Waals surface area (Å²) in [5.41, 5.74) is 2.59. The number of hydrogen-bond acceptors (Lipinski definition) is 6. The minimum atomic E-state index is -9.74. The molecule has 0 amide bonds. The lowest BCUT2D eigenvalue weighted by Crippen LogP contribution is -2.33. The lowest BCUT2D eigenvalue weighted by molar-refractivity contribution is 0.281. The van der Waals surface area contributed by atoms with Gasteiger partial charge in [0.1, 0.15) is 4.90 Å². The molecule has 7 nitrogen and oxygen atoms in total. The molecular formula is C24H27F5N6OS. The molecule has 5 rings (SSSR count). The summed E-state index contributed by atoms with van der Waals surface area (Å²) in [6, 6.07) is 4.21. The number of rotatable bonds is 8. The number of likely N-dealkylation sites (tertiary alicyclic amines) is 1. The van der Waals surface area contributed by atoms with Crippen LogP contribution in [0.25, 0.3) is 23.0 Å². The fourth-order valence-electron chi connectivity index (χ4n) is 4.47. The van der Waals surface area contributed by atoms with Crippen molar-refractivity contribution in [1.29, 1.82) is 0 Å². The molecule has 2 aliphatic rings. The van der Waals surface area contributed by atoms with E-state index in [9.17, 15) is 19.4 Å². The fraction of sp³-hybridized carbons (Fsp3) is 0.375. The van der Waals surface area contributed by atoms with Gasteiger partial charge >= 0.3 is 10.2 Å². The minimum Gasteiger partial charge on any atom is -0.372 e. The molecule has 0 spiro atoms. The topological polar surface area (TPSA) is 63.2 Å². The molecule has 37 heavy (non-hydrogen) atoms. The number of benzene rings is 1. The van der Waals surface area contributed by atoms with Crippen molar-refractivity contribution >= 4 is 10.2 Å². The van der Waals surface area contributed by atoms with Crippen molar-refractivity contribution in [2.45, 2.75) is 31.2 Å². The predicted molar refractivity (Wildman–Crippen MR) is 132 cm³/mol. The van der Waals surface area contributed by atoms with Gasteiger partial charge in [-0.2, -0.15) is 10.1 Å². The molecule has 0 atom stereocenters. The van der Waals surface area contributed by atoms with Crippen LogP contribution in [-0.2, 0) is 6.54 Å². The fourth-order valence-corrected chi connectivity index (χ4v) is 5.12. The number of halogens is 5. The molecule has 2 aromatic heterocycles. The maximum atomic E-state index is 13.0. The third-order valence-corrected chi connectivity index (χ3v) is 7.64. The van der Waals surface area contributed by atoms with Crippen molar-refractivity contribution in [2.24, 2.45) is 0 Å². The summed E-state index contributed by atoms with van der Waals surface area (Å²) < 4.78 is 71.9. The van der Waals surface area contributed by atoms with Crippen LogP contribution in [0, 0.1) is 6.92 Å². The average Bonchev–Trinajstić information content (AvgIpc) is 3.59. The minimum absolute atomic E-state index is 0.0234. The number of aryl methyl sites for hydroxylation is 1. The van der Waals surface area contributed by atoms with Gasteiger partial charge in [0.05, 0.1) is 6.54 Å². The van der Waals surface area contributed by atoms with E-state index in [0.717, 1.165) is 37.5 Å². The van der Waals surface area contributed by atoms with E-state index >= 15 is 0 Å². The second kappa shape index (κ2) is 8.69. The van der Waals surface area contributed by atoms with Gasteiger partial charge in [0.2, 0.25) is 5.82 Å².